The molecule has 1 N–H and O–H groups in total. The highest BCUT2D eigenvalue weighted by Crippen LogP contribution is 2.38. The fourth-order valence-electron chi connectivity index (χ4n) is 3.98. The average molecular weight is 513 g/mol. The molecule has 0 heterocycles. The fourth-order valence-corrected chi connectivity index (χ4v) is 3.98. The number of benzene rings is 1. The summed E-state index contributed by atoms with van der Waals surface area (Å²) in [5.74, 6) is -2.59. The highest BCUT2D eigenvalue weighted by atomic mass is 19.3. The van der Waals surface area contributed by atoms with Gasteiger partial charge in [-0.15, -0.1) is 0 Å². The summed E-state index contributed by atoms with van der Waals surface area (Å²) < 4.78 is 44.6. The Bertz CT molecular complexity index is 734. The van der Waals surface area contributed by atoms with E-state index >= 15 is 0 Å². The number of alkyl halides is 2. The number of halogens is 2. The standard InChI is InChI=1S/C26H36F2O4.C2H6.CH4O/c1-20(2)32-25(29)14-10-5-4-9-13-23-21(15-16-24(23)30-3)17-18-26(27,28)19-31-22-11-7-6-8-12-22;2*1-2/h4,6-9,11-12,17-18,20-21,23-24H,5,10,13-16,19H2,1-3H3;1-2H3;2H,1H3/b9-4-,18-17+;;/t21?,23-,24+;;/m1../s1. The normalized spacial score (nSPS) is 19.6. The van der Waals surface area contributed by atoms with E-state index in [1.165, 1.54) is 0 Å². The highest BCUT2D eigenvalue weighted by Gasteiger charge is 2.35. The summed E-state index contributed by atoms with van der Waals surface area (Å²) in [7, 11) is 2.68. The number of rotatable bonds is 13. The number of hydrogen-bond donors (Lipinski definition) is 1. The van der Waals surface area contributed by atoms with Gasteiger partial charge < -0.3 is 19.3 Å². The van der Waals surface area contributed by atoms with Crippen LogP contribution in [0.25, 0.3) is 0 Å². The van der Waals surface area contributed by atoms with Crippen molar-refractivity contribution >= 4 is 5.97 Å². The van der Waals surface area contributed by atoms with Crippen molar-refractivity contribution in [2.45, 2.75) is 84.4 Å². The minimum Gasteiger partial charge on any atom is -0.487 e. The van der Waals surface area contributed by atoms with E-state index in [0.29, 0.717) is 12.2 Å². The third-order valence-electron chi connectivity index (χ3n) is 5.57. The van der Waals surface area contributed by atoms with Gasteiger partial charge in [-0.2, -0.15) is 8.78 Å². The van der Waals surface area contributed by atoms with Crippen LogP contribution in [0, 0.1) is 11.8 Å². The third kappa shape index (κ3) is 14.3. The van der Waals surface area contributed by atoms with Gasteiger partial charge in [0.25, 0.3) is 5.92 Å². The number of methoxy groups -OCH3 is 1. The largest absolute Gasteiger partial charge is 0.487 e. The summed E-state index contributed by atoms with van der Waals surface area (Å²) >= 11 is 0. The van der Waals surface area contributed by atoms with Gasteiger partial charge in [0.15, 0.2) is 6.61 Å². The first kappa shape index (κ1) is 33.8. The van der Waals surface area contributed by atoms with Crippen LogP contribution in [0.2, 0.25) is 0 Å². The fraction of sp³-hybridized carbons (Fsp3) is 0.621. The van der Waals surface area contributed by atoms with E-state index in [9.17, 15) is 13.6 Å². The van der Waals surface area contributed by atoms with Crippen LogP contribution >= 0.6 is 0 Å². The van der Waals surface area contributed by atoms with Gasteiger partial charge in [0, 0.05) is 20.6 Å². The second-order valence-electron chi connectivity index (χ2n) is 8.54. The van der Waals surface area contributed by atoms with Crippen molar-refractivity contribution in [1.29, 1.82) is 0 Å². The second kappa shape index (κ2) is 19.9. The number of ether oxygens (including phenoxy) is 3. The Kier molecular flexibility index (Phi) is 18.6. The maximum Gasteiger partial charge on any atom is 0.306 e. The summed E-state index contributed by atoms with van der Waals surface area (Å²) in [5.41, 5.74) is 0. The molecule has 0 amide bonds. The van der Waals surface area contributed by atoms with E-state index in [4.69, 9.17) is 19.3 Å². The molecule has 0 bridgehead atoms. The van der Waals surface area contributed by atoms with Gasteiger partial charge in [-0.1, -0.05) is 50.3 Å². The summed E-state index contributed by atoms with van der Waals surface area (Å²) in [4.78, 5) is 11.6. The van der Waals surface area contributed by atoms with Crippen LogP contribution in [0.3, 0.4) is 0 Å². The lowest BCUT2D eigenvalue weighted by molar-refractivity contribution is -0.147. The summed E-state index contributed by atoms with van der Waals surface area (Å²) in [6, 6.07) is 8.64. The van der Waals surface area contributed by atoms with Gasteiger partial charge in [0.05, 0.1) is 12.2 Å². The van der Waals surface area contributed by atoms with E-state index in [1.807, 2.05) is 33.8 Å². The number of carbonyl (C=O) groups is 1. The van der Waals surface area contributed by atoms with Crippen molar-refractivity contribution in [2.75, 3.05) is 20.8 Å². The van der Waals surface area contributed by atoms with Gasteiger partial charge in [-0.25, -0.2) is 0 Å². The van der Waals surface area contributed by atoms with Crippen molar-refractivity contribution in [1.82, 2.24) is 0 Å². The molecule has 7 heteroatoms. The lowest BCUT2D eigenvalue weighted by Gasteiger charge is -2.21. The van der Waals surface area contributed by atoms with Crippen LogP contribution in [0.15, 0.2) is 54.6 Å². The number of carbonyl (C=O) groups excluding carboxylic acids is 1. The van der Waals surface area contributed by atoms with E-state index in [0.717, 1.165) is 45.3 Å². The van der Waals surface area contributed by atoms with E-state index in [2.05, 4.69) is 12.2 Å². The molecule has 1 aromatic rings. The Hall–Kier alpha value is -2.25. The van der Waals surface area contributed by atoms with Crippen molar-refractivity contribution in [2.24, 2.45) is 11.8 Å². The van der Waals surface area contributed by atoms with Crippen molar-refractivity contribution in [3.63, 3.8) is 0 Å². The van der Waals surface area contributed by atoms with Gasteiger partial charge in [-0.05, 0) is 76.0 Å². The lowest BCUT2D eigenvalue weighted by atomic mass is 9.90. The van der Waals surface area contributed by atoms with Crippen molar-refractivity contribution in [3.05, 3.63) is 54.6 Å². The number of aliphatic hydroxyl groups excluding tert-OH is 1. The van der Waals surface area contributed by atoms with Crippen LogP contribution < -0.4 is 4.74 Å². The molecule has 36 heavy (non-hydrogen) atoms. The van der Waals surface area contributed by atoms with Crippen LogP contribution in [-0.2, 0) is 14.3 Å². The molecule has 1 aromatic carbocycles. The molecule has 0 aliphatic heterocycles. The Balaban J connectivity index is 0.00000291. The first-order chi connectivity index (χ1) is 17.3. The van der Waals surface area contributed by atoms with Crippen molar-refractivity contribution < 1.29 is 32.9 Å². The molecule has 206 valence electrons. The van der Waals surface area contributed by atoms with Gasteiger partial charge in [0.1, 0.15) is 5.75 Å². The molecule has 0 spiro atoms. The van der Waals surface area contributed by atoms with Crippen LogP contribution in [-0.4, -0.2) is 50.0 Å². The molecule has 1 unspecified atom stereocenters. The highest BCUT2D eigenvalue weighted by molar-refractivity contribution is 5.69. The van der Waals surface area contributed by atoms with E-state index in [-0.39, 0.29) is 30.0 Å². The topological polar surface area (TPSA) is 65.0 Å². The first-order valence-electron chi connectivity index (χ1n) is 12.9. The summed E-state index contributed by atoms with van der Waals surface area (Å²) in [6.45, 7) is 6.99. The SMILES string of the molecule is CC.CO.CO[C@H]1CCC(/C=C/C(F)(F)COc2ccccc2)[C@H]1C/C=C\CCCC(=O)OC(C)C. The van der Waals surface area contributed by atoms with Crippen molar-refractivity contribution in [3.8, 4) is 5.75 Å². The molecule has 2 rings (SSSR count). The zero-order valence-electron chi connectivity index (χ0n) is 22.8. The van der Waals surface area contributed by atoms with Gasteiger partial charge in [0.2, 0.25) is 0 Å². The van der Waals surface area contributed by atoms with E-state index in [1.54, 1.807) is 37.5 Å². The van der Waals surface area contributed by atoms with Crippen LogP contribution in [0.5, 0.6) is 5.75 Å². The molecule has 0 aromatic heterocycles. The molecule has 1 aliphatic rings. The summed E-state index contributed by atoms with van der Waals surface area (Å²) in [6.07, 6.45) is 11.1. The molecule has 1 fully saturated rings. The Morgan fingerprint density at radius 1 is 1.14 bits per heavy atom. The molecule has 1 saturated carbocycles. The Morgan fingerprint density at radius 2 is 1.81 bits per heavy atom. The summed E-state index contributed by atoms with van der Waals surface area (Å²) in [5, 5.41) is 7.00. The predicted octanol–water partition coefficient (Wildman–Crippen LogP) is 7.00. The molecule has 0 radical (unpaired) electrons. The number of aliphatic hydroxyl groups is 1. The monoisotopic (exact) mass is 512 g/mol. The molecule has 0 saturated heterocycles. The molecular formula is C29H46F2O5. The zero-order chi connectivity index (χ0) is 27.4. The molecule has 3 atom stereocenters. The first-order valence-corrected chi connectivity index (χ1v) is 12.9. The third-order valence-corrected chi connectivity index (χ3v) is 5.57. The van der Waals surface area contributed by atoms with Gasteiger partial charge in [-0.3, -0.25) is 4.79 Å². The maximum absolute atomic E-state index is 14.3. The molecule has 1 aliphatic carbocycles. The zero-order valence-corrected chi connectivity index (χ0v) is 22.8. The Morgan fingerprint density at radius 3 is 2.42 bits per heavy atom. The predicted molar refractivity (Wildman–Crippen MR) is 141 cm³/mol. The quantitative estimate of drug-likeness (QED) is 0.175. The van der Waals surface area contributed by atoms with Gasteiger partial charge >= 0.3 is 5.97 Å². The maximum atomic E-state index is 14.3. The molecular weight excluding hydrogens is 466 g/mol. The number of esters is 1. The number of unbranched alkanes of at least 4 members (excludes halogenated alkanes) is 1. The number of allylic oxidation sites excluding steroid dienone is 3. The Labute approximate surface area is 216 Å². The molecule has 5 nitrogen and oxygen atoms in total. The lowest BCUT2D eigenvalue weighted by Crippen LogP contribution is -2.24. The minimum absolute atomic E-state index is 0.0354. The van der Waals surface area contributed by atoms with Crippen LogP contribution in [0.4, 0.5) is 8.78 Å². The van der Waals surface area contributed by atoms with E-state index < -0.39 is 12.5 Å². The minimum atomic E-state index is -3.04. The smallest absolute Gasteiger partial charge is 0.306 e. The number of hydrogen-bond acceptors (Lipinski definition) is 5. The van der Waals surface area contributed by atoms with Crippen LogP contribution in [0.1, 0.15) is 66.2 Å². The average Bonchev–Trinajstić information content (AvgIpc) is 3.28. The number of para-hydroxylation sites is 1. The second-order valence-corrected chi connectivity index (χ2v) is 8.54.